The highest BCUT2D eigenvalue weighted by Gasteiger charge is 2.41. The molecule has 1 atom stereocenters. The van der Waals surface area contributed by atoms with Crippen molar-refractivity contribution in [2.24, 2.45) is 10.7 Å². The minimum atomic E-state index is -3.81. The number of sulfonamides is 1. The Labute approximate surface area is 199 Å². The Bertz CT molecular complexity index is 1420. The summed E-state index contributed by atoms with van der Waals surface area (Å²) in [7, 11) is -2.54. The van der Waals surface area contributed by atoms with Crippen molar-refractivity contribution in [2.45, 2.75) is 26.0 Å². The number of aliphatic imine (C=N–C) groups is 1. The van der Waals surface area contributed by atoms with E-state index in [4.69, 9.17) is 14.9 Å². The first-order valence-electron chi connectivity index (χ1n) is 10.2. The normalized spacial score (nSPS) is 20.0. The maximum absolute atomic E-state index is 14.9. The van der Waals surface area contributed by atoms with Crippen molar-refractivity contribution in [1.29, 1.82) is 0 Å². The van der Waals surface area contributed by atoms with Crippen LogP contribution in [0.4, 0.5) is 8.78 Å². The number of ether oxygens (including phenoxy) is 1. The number of hydrogen-bond donors (Lipinski definition) is 1. The number of hydrogen-bond acceptors (Lipinski definition) is 10. The third-order valence-electron chi connectivity index (χ3n) is 5.21. The number of rotatable bonds is 6. The summed E-state index contributed by atoms with van der Waals surface area (Å²) in [4.78, 5) is 12.2. The lowest BCUT2D eigenvalue weighted by Crippen LogP contribution is -2.50. The molecule has 0 saturated carbocycles. The van der Waals surface area contributed by atoms with Crippen molar-refractivity contribution in [2.75, 3.05) is 12.8 Å². The number of aromatic nitrogens is 4. The van der Waals surface area contributed by atoms with Crippen LogP contribution >= 0.6 is 0 Å². The SMILES string of the molecule is Cc1nnc(COc2cnc(C(F)=Cc3ccc(F)c(C4(C)CS(=O)(=O)N(C)C(N)=N4)c3)cn2)o1. The van der Waals surface area contributed by atoms with Crippen molar-refractivity contribution in [3.05, 3.63) is 65.0 Å². The maximum Gasteiger partial charge on any atom is 0.253 e. The molecule has 2 aromatic heterocycles. The molecule has 1 aliphatic rings. The Morgan fingerprint density at radius 1 is 1.31 bits per heavy atom. The van der Waals surface area contributed by atoms with Gasteiger partial charge >= 0.3 is 0 Å². The molecule has 0 aliphatic carbocycles. The van der Waals surface area contributed by atoms with Crippen LogP contribution in [0.25, 0.3) is 11.9 Å². The van der Waals surface area contributed by atoms with E-state index in [1.807, 2.05) is 0 Å². The highest BCUT2D eigenvalue weighted by molar-refractivity contribution is 7.89. The van der Waals surface area contributed by atoms with Crippen LogP contribution in [-0.2, 0) is 22.2 Å². The maximum atomic E-state index is 14.9. The number of nitrogens with zero attached hydrogens (tertiary/aromatic N) is 6. The molecule has 0 bridgehead atoms. The van der Waals surface area contributed by atoms with Crippen molar-refractivity contribution in [1.82, 2.24) is 24.5 Å². The predicted octanol–water partition coefficient (Wildman–Crippen LogP) is 2.16. The molecular weight excluding hydrogens is 484 g/mol. The Morgan fingerprint density at radius 3 is 2.71 bits per heavy atom. The van der Waals surface area contributed by atoms with Crippen molar-refractivity contribution in [3.63, 3.8) is 0 Å². The zero-order valence-electron chi connectivity index (χ0n) is 18.9. The number of aryl methyl sites for hydroxylation is 1. The third-order valence-corrected chi connectivity index (χ3v) is 7.16. The van der Waals surface area contributed by atoms with Crippen LogP contribution in [0.3, 0.4) is 0 Å². The van der Waals surface area contributed by atoms with E-state index >= 15 is 0 Å². The summed E-state index contributed by atoms with van der Waals surface area (Å²) in [6.45, 7) is 3.07. The summed E-state index contributed by atoms with van der Waals surface area (Å²) in [6.07, 6.45) is 3.51. The van der Waals surface area contributed by atoms with Gasteiger partial charge in [-0.3, -0.25) is 0 Å². The average molecular weight is 506 g/mol. The van der Waals surface area contributed by atoms with Crippen molar-refractivity contribution < 1.29 is 26.4 Å². The van der Waals surface area contributed by atoms with E-state index in [2.05, 4.69) is 25.2 Å². The molecule has 3 aromatic rings. The average Bonchev–Trinajstić information content (AvgIpc) is 3.22. The fourth-order valence-electron chi connectivity index (χ4n) is 3.40. The zero-order valence-corrected chi connectivity index (χ0v) is 19.8. The Hall–Kier alpha value is -3.94. The van der Waals surface area contributed by atoms with E-state index in [9.17, 15) is 17.2 Å². The fraction of sp³-hybridized carbons (Fsp3) is 0.286. The first-order chi connectivity index (χ1) is 16.5. The minimum absolute atomic E-state index is 0.0250. The highest BCUT2D eigenvalue weighted by atomic mass is 32.2. The molecule has 3 heterocycles. The molecule has 0 saturated heterocycles. The third kappa shape index (κ3) is 5.11. The lowest BCUT2D eigenvalue weighted by atomic mass is 9.92. The minimum Gasteiger partial charge on any atom is -0.466 e. The highest BCUT2D eigenvalue weighted by Crippen LogP contribution is 2.34. The summed E-state index contributed by atoms with van der Waals surface area (Å²) in [5, 5.41) is 7.46. The van der Waals surface area contributed by atoms with Gasteiger partial charge in [-0.2, -0.15) is 0 Å². The lowest BCUT2D eigenvalue weighted by Gasteiger charge is -2.34. The molecule has 11 nitrogen and oxygen atoms in total. The molecule has 35 heavy (non-hydrogen) atoms. The molecule has 0 radical (unpaired) electrons. The fourth-order valence-corrected chi connectivity index (χ4v) is 4.85. The number of nitrogens with two attached hydrogens (primary N) is 1. The van der Waals surface area contributed by atoms with Crippen LogP contribution < -0.4 is 10.5 Å². The standard InChI is InChI=1S/C21H21F2N7O4S/c1-12-28-29-19(34-12)10-33-18-9-25-17(8-26-18)16(23)7-13-4-5-15(22)14(6-13)21(2)11-35(31,32)30(3)20(24)27-21/h4-9H,10-11H2,1-3H3,(H2,24,27). The molecule has 1 aromatic carbocycles. The van der Waals surface area contributed by atoms with Gasteiger partial charge in [-0.1, -0.05) is 6.07 Å². The predicted molar refractivity (Wildman–Crippen MR) is 121 cm³/mol. The zero-order chi connectivity index (χ0) is 25.4. The van der Waals surface area contributed by atoms with Gasteiger partial charge in [0, 0.05) is 19.5 Å². The largest absolute Gasteiger partial charge is 0.466 e. The number of guanidine groups is 1. The van der Waals surface area contributed by atoms with E-state index < -0.39 is 33.0 Å². The van der Waals surface area contributed by atoms with E-state index in [1.54, 1.807) is 6.92 Å². The molecule has 4 rings (SSSR count). The van der Waals surface area contributed by atoms with Gasteiger partial charge in [-0.05, 0) is 30.7 Å². The molecule has 2 N–H and O–H groups in total. The monoisotopic (exact) mass is 505 g/mol. The molecular formula is C21H21F2N7O4S. The quantitative estimate of drug-likeness (QED) is 0.532. The van der Waals surface area contributed by atoms with E-state index in [1.165, 1.54) is 38.5 Å². The number of halogens is 2. The van der Waals surface area contributed by atoms with Gasteiger partial charge in [-0.25, -0.2) is 36.5 Å². The van der Waals surface area contributed by atoms with Crippen LogP contribution in [0.15, 0.2) is 40.0 Å². The van der Waals surface area contributed by atoms with Crippen molar-refractivity contribution in [3.8, 4) is 5.88 Å². The van der Waals surface area contributed by atoms with Crippen LogP contribution in [0.5, 0.6) is 5.88 Å². The topological polar surface area (TPSA) is 150 Å². The van der Waals surface area contributed by atoms with E-state index in [0.29, 0.717) is 5.89 Å². The van der Waals surface area contributed by atoms with Crippen LogP contribution in [0, 0.1) is 12.7 Å². The molecule has 0 fully saturated rings. The van der Waals surface area contributed by atoms with E-state index in [0.717, 1.165) is 16.4 Å². The van der Waals surface area contributed by atoms with Gasteiger partial charge in [0.2, 0.25) is 27.8 Å². The molecule has 0 spiro atoms. The van der Waals surface area contributed by atoms with Crippen LogP contribution in [0.1, 0.15) is 35.5 Å². The van der Waals surface area contributed by atoms with Gasteiger partial charge in [0.05, 0.1) is 18.1 Å². The molecule has 0 amide bonds. The second-order valence-electron chi connectivity index (χ2n) is 7.94. The van der Waals surface area contributed by atoms with Crippen LogP contribution in [0.2, 0.25) is 0 Å². The Kier molecular flexibility index (Phi) is 6.23. The summed E-state index contributed by atoms with van der Waals surface area (Å²) >= 11 is 0. The van der Waals surface area contributed by atoms with Gasteiger partial charge in [-0.15, -0.1) is 10.2 Å². The first-order valence-corrected chi connectivity index (χ1v) is 11.8. The van der Waals surface area contributed by atoms with Gasteiger partial charge in [0.1, 0.15) is 17.1 Å². The van der Waals surface area contributed by atoms with Gasteiger partial charge in [0.25, 0.3) is 5.89 Å². The molecule has 1 aliphatic heterocycles. The van der Waals surface area contributed by atoms with Gasteiger partial charge in [0.15, 0.2) is 12.4 Å². The summed E-state index contributed by atoms with van der Waals surface area (Å²) in [6, 6.07) is 3.78. The van der Waals surface area contributed by atoms with Crippen molar-refractivity contribution >= 4 is 27.9 Å². The second-order valence-corrected chi connectivity index (χ2v) is 9.94. The first kappa shape index (κ1) is 24.2. The smallest absolute Gasteiger partial charge is 0.253 e. The molecule has 184 valence electrons. The summed E-state index contributed by atoms with van der Waals surface area (Å²) in [5.41, 5.74) is 4.39. The number of benzene rings is 1. The Morgan fingerprint density at radius 2 is 2.09 bits per heavy atom. The molecule has 14 heteroatoms. The van der Waals surface area contributed by atoms with Crippen LogP contribution in [-0.4, -0.2) is 51.6 Å². The van der Waals surface area contributed by atoms with E-state index in [-0.39, 0.29) is 41.2 Å². The summed E-state index contributed by atoms with van der Waals surface area (Å²) in [5.74, 6) is -1.45. The summed E-state index contributed by atoms with van der Waals surface area (Å²) < 4.78 is 65.8. The second kappa shape index (κ2) is 9.02. The Balaban J connectivity index is 1.55. The lowest BCUT2D eigenvalue weighted by molar-refractivity contribution is 0.250. The van der Waals surface area contributed by atoms with Gasteiger partial charge < -0.3 is 14.9 Å². The molecule has 1 unspecified atom stereocenters.